The van der Waals surface area contributed by atoms with Crippen molar-refractivity contribution in [1.82, 2.24) is 4.90 Å². The topological polar surface area (TPSA) is 73.6 Å². The van der Waals surface area contributed by atoms with Gasteiger partial charge in [-0.3, -0.25) is 4.90 Å². The smallest absolute Gasteiger partial charge is 0.418 e. The summed E-state index contributed by atoms with van der Waals surface area (Å²) in [5.74, 6) is 0. The Hall–Kier alpha value is -3.01. The van der Waals surface area contributed by atoms with E-state index in [0.29, 0.717) is 39.8 Å². The number of fused-ring (bicyclic) bond motifs is 1. The van der Waals surface area contributed by atoms with E-state index in [0.717, 1.165) is 18.4 Å². The Bertz CT molecular complexity index is 1120. The van der Waals surface area contributed by atoms with Crippen LogP contribution in [0.25, 0.3) is 0 Å². The Morgan fingerprint density at radius 1 is 1.19 bits per heavy atom. The van der Waals surface area contributed by atoms with Crippen molar-refractivity contribution in [1.29, 1.82) is 5.26 Å². The van der Waals surface area contributed by atoms with Gasteiger partial charge in [0.25, 0.3) is 0 Å². The number of nitriles is 1. The van der Waals surface area contributed by atoms with Gasteiger partial charge >= 0.3 is 12.1 Å². The average molecular weight is 470 g/mol. The van der Waals surface area contributed by atoms with Crippen LogP contribution in [0, 0.1) is 11.3 Å². The number of urea groups is 1. The molecule has 2 aromatic rings. The number of carbonyl (C=O) groups excluding carboxylic acids is 2. The molecule has 1 aliphatic carbocycles. The fourth-order valence-corrected chi connectivity index (χ4v) is 5.03. The van der Waals surface area contributed by atoms with Crippen molar-refractivity contribution in [2.24, 2.45) is 0 Å². The fourth-order valence-electron chi connectivity index (χ4n) is 4.51. The fraction of sp³-hybridized carbons (Fsp3) is 0.292. The summed E-state index contributed by atoms with van der Waals surface area (Å²) in [6, 6.07) is 13.7. The SMILES string of the molecule is CCOC(=O)N1C(=O)N(c2cc(Cl)cc(Cl)c2)C2=CCCCC21Cc1ccc(C#N)cc1. The number of anilines is 1. The minimum Gasteiger partial charge on any atom is -0.449 e. The third-order valence-corrected chi connectivity index (χ3v) is 6.23. The van der Waals surface area contributed by atoms with Gasteiger partial charge in [0.1, 0.15) is 5.54 Å². The monoisotopic (exact) mass is 469 g/mol. The molecule has 2 aromatic carbocycles. The van der Waals surface area contributed by atoms with E-state index >= 15 is 0 Å². The molecule has 1 saturated heterocycles. The van der Waals surface area contributed by atoms with E-state index in [-0.39, 0.29) is 6.61 Å². The molecule has 0 N–H and O–H groups in total. The summed E-state index contributed by atoms with van der Waals surface area (Å²) in [4.78, 5) is 29.5. The summed E-state index contributed by atoms with van der Waals surface area (Å²) in [5, 5.41) is 9.90. The summed E-state index contributed by atoms with van der Waals surface area (Å²) in [6.07, 6.45) is 3.90. The van der Waals surface area contributed by atoms with Crippen LogP contribution in [0.1, 0.15) is 37.3 Å². The Balaban J connectivity index is 1.85. The van der Waals surface area contributed by atoms with Crippen LogP contribution < -0.4 is 4.90 Å². The van der Waals surface area contributed by atoms with E-state index in [1.807, 2.05) is 18.2 Å². The molecular weight excluding hydrogens is 449 g/mol. The molecule has 1 fully saturated rings. The molecule has 0 spiro atoms. The van der Waals surface area contributed by atoms with Gasteiger partial charge in [0.15, 0.2) is 0 Å². The highest BCUT2D eigenvalue weighted by atomic mass is 35.5. The largest absolute Gasteiger partial charge is 0.449 e. The van der Waals surface area contributed by atoms with E-state index in [4.69, 9.17) is 33.2 Å². The molecule has 3 amide bonds. The number of nitrogens with zero attached hydrogens (tertiary/aromatic N) is 3. The summed E-state index contributed by atoms with van der Waals surface area (Å²) in [6.45, 7) is 1.86. The lowest BCUT2D eigenvalue weighted by Crippen LogP contribution is -2.52. The molecule has 6 nitrogen and oxygen atoms in total. The molecule has 4 rings (SSSR count). The number of amides is 3. The van der Waals surface area contributed by atoms with Gasteiger partial charge in [0.2, 0.25) is 0 Å². The molecule has 8 heteroatoms. The van der Waals surface area contributed by atoms with Crippen LogP contribution in [0.3, 0.4) is 0 Å². The first-order valence-corrected chi connectivity index (χ1v) is 11.1. The first-order valence-electron chi connectivity index (χ1n) is 10.4. The number of allylic oxidation sites excluding steroid dienone is 1. The number of imide groups is 1. The van der Waals surface area contributed by atoms with Crippen molar-refractivity contribution >= 4 is 41.0 Å². The second-order valence-electron chi connectivity index (χ2n) is 7.78. The number of ether oxygens (including phenoxy) is 1. The summed E-state index contributed by atoms with van der Waals surface area (Å²) in [5.41, 5.74) is 1.75. The van der Waals surface area contributed by atoms with Gasteiger partial charge in [-0.1, -0.05) is 41.4 Å². The van der Waals surface area contributed by atoms with Gasteiger partial charge < -0.3 is 4.74 Å². The van der Waals surface area contributed by atoms with E-state index in [9.17, 15) is 9.59 Å². The number of halogens is 2. The lowest BCUT2D eigenvalue weighted by molar-refractivity contribution is 0.0882. The van der Waals surface area contributed by atoms with Crippen molar-refractivity contribution in [3.05, 3.63) is 75.4 Å². The highest BCUT2D eigenvalue weighted by Crippen LogP contribution is 2.48. The van der Waals surface area contributed by atoms with Gasteiger partial charge in [0.05, 0.1) is 29.6 Å². The summed E-state index contributed by atoms with van der Waals surface area (Å²) >= 11 is 12.4. The van der Waals surface area contributed by atoms with Crippen LogP contribution in [0.4, 0.5) is 15.3 Å². The second-order valence-corrected chi connectivity index (χ2v) is 8.65. The van der Waals surface area contributed by atoms with Gasteiger partial charge in [-0.05, 0) is 62.1 Å². The molecule has 2 aliphatic rings. The third-order valence-electron chi connectivity index (χ3n) is 5.80. The standard InChI is InChI=1S/C24H21Cl2N3O3/c1-2-32-23(31)29-22(30)28(20-12-18(25)11-19(26)13-20)21-5-3-4-10-24(21,29)14-16-6-8-17(15-27)9-7-16/h5-9,11-13H,2-4,10,14H2,1H3. The minimum atomic E-state index is -0.912. The van der Waals surface area contributed by atoms with Crippen LogP contribution in [-0.2, 0) is 11.2 Å². The summed E-state index contributed by atoms with van der Waals surface area (Å²) < 4.78 is 5.29. The number of hydrogen-bond donors (Lipinski definition) is 0. The first kappa shape index (κ1) is 22.2. The molecule has 0 radical (unpaired) electrons. The van der Waals surface area contributed by atoms with Crippen molar-refractivity contribution in [2.75, 3.05) is 11.5 Å². The normalized spacial score (nSPS) is 19.9. The molecular formula is C24H21Cl2N3O3. The van der Waals surface area contributed by atoms with Crippen LogP contribution in [0.15, 0.2) is 54.2 Å². The van der Waals surface area contributed by atoms with Gasteiger partial charge in [-0.25, -0.2) is 14.5 Å². The quantitative estimate of drug-likeness (QED) is 0.525. The average Bonchev–Trinajstić information content (AvgIpc) is 3.01. The molecule has 1 heterocycles. The van der Waals surface area contributed by atoms with Crippen molar-refractivity contribution < 1.29 is 14.3 Å². The maximum Gasteiger partial charge on any atom is 0.418 e. The van der Waals surface area contributed by atoms with E-state index in [1.54, 1.807) is 37.3 Å². The van der Waals surface area contributed by atoms with Gasteiger partial charge in [-0.15, -0.1) is 0 Å². The van der Waals surface area contributed by atoms with E-state index in [2.05, 4.69) is 6.07 Å². The highest BCUT2D eigenvalue weighted by Gasteiger charge is 2.58. The molecule has 1 unspecified atom stereocenters. The maximum absolute atomic E-state index is 13.7. The van der Waals surface area contributed by atoms with Gasteiger partial charge in [0, 0.05) is 16.5 Å². The minimum absolute atomic E-state index is 0.150. The van der Waals surface area contributed by atoms with Crippen molar-refractivity contribution in [3.8, 4) is 6.07 Å². The van der Waals surface area contributed by atoms with Crippen LogP contribution in [0.5, 0.6) is 0 Å². The summed E-state index contributed by atoms with van der Waals surface area (Å²) in [7, 11) is 0. The highest BCUT2D eigenvalue weighted by molar-refractivity contribution is 6.35. The van der Waals surface area contributed by atoms with Crippen LogP contribution in [-0.4, -0.2) is 29.2 Å². The van der Waals surface area contributed by atoms with Crippen molar-refractivity contribution in [2.45, 2.75) is 38.1 Å². The van der Waals surface area contributed by atoms with Crippen LogP contribution >= 0.6 is 23.2 Å². The molecule has 1 atom stereocenters. The predicted octanol–water partition coefficient (Wildman–Crippen LogP) is 6.31. The maximum atomic E-state index is 13.7. The molecule has 1 aliphatic heterocycles. The molecule has 0 saturated carbocycles. The molecule has 164 valence electrons. The zero-order chi connectivity index (χ0) is 22.9. The molecule has 32 heavy (non-hydrogen) atoms. The third kappa shape index (κ3) is 3.83. The lowest BCUT2D eigenvalue weighted by atomic mass is 9.79. The van der Waals surface area contributed by atoms with E-state index in [1.165, 1.54) is 9.80 Å². The molecule has 0 bridgehead atoms. The Kier molecular flexibility index (Phi) is 6.14. The Morgan fingerprint density at radius 3 is 2.50 bits per heavy atom. The number of carbonyl (C=O) groups is 2. The Labute approximate surface area is 196 Å². The number of benzene rings is 2. The lowest BCUT2D eigenvalue weighted by Gasteiger charge is -2.38. The number of rotatable bonds is 4. The zero-order valence-electron chi connectivity index (χ0n) is 17.5. The predicted molar refractivity (Wildman–Crippen MR) is 123 cm³/mol. The van der Waals surface area contributed by atoms with Crippen LogP contribution in [0.2, 0.25) is 10.0 Å². The van der Waals surface area contributed by atoms with Crippen molar-refractivity contribution in [3.63, 3.8) is 0 Å². The number of hydrogen-bond acceptors (Lipinski definition) is 4. The van der Waals surface area contributed by atoms with Gasteiger partial charge in [-0.2, -0.15) is 5.26 Å². The first-order chi connectivity index (χ1) is 15.4. The zero-order valence-corrected chi connectivity index (χ0v) is 19.0. The van der Waals surface area contributed by atoms with E-state index < -0.39 is 17.7 Å². The molecule has 0 aromatic heterocycles. The second kappa shape index (κ2) is 8.85. The Morgan fingerprint density at radius 2 is 1.88 bits per heavy atom.